The molecule has 0 radical (unpaired) electrons. The summed E-state index contributed by atoms with van der Waals surface area (Å²) >= 11 is 5.67. The summed E-state index contributed by atoms with van der Waals surface area (Å²) in [6, 6.07) is 4.77. The summed E-state index contributed by atoms with van der Waals surface area (Å²) in [6.45, 7) is 4.18. The maximum Gasteiger partial charge on any atom is 0.164 e. The maximum atomic E-state index is 13.6. The zero-order valence-electron chi connectivity index (χ0n) is 10.4. The Labute approximate surface area is 111 Å². The minimum atomic E-state index is -0.472. The molecule has 0 atom stereocenters. The van der Waals surface area contributed by atoms with Crippen molar-refractivity contribution in [3.63, 3.8) is 0 Å². The number of halogens is 2. The minimum Gasteiger partial charge on any atom is -0.409 e. The second-order valence-electron chi connectivity index (χ2n) is 4.65. The number of oxime groups is 1. The Hall–Kier alpha value is -1.49. The van der Waals surface area contributed by atoms with E-state index in [9.17, 15) is 4.39 Å². The number of hydrogen-bond acceptors (Lipinski definition) is 3. The first kappa shape index (κ1) is 14.6. The Balaban J connectivity index is 2.60. The molecule has 1 rings (SSSR count). The molecule has 0 unspecified atom stereocenters. The van der Waals surface area contributed by atoms with Gasteiger partial charge >= 0.3 is 0 Å². The van der Waals surface area contributed by atoms with Crippen LogP contribution in [0.4, 0.5) is 10.1 Å². The van der Waals surface area contributed by atoms with Crippen molar-refractivity contribution in [1.29, 1.82) is 0 Å². The first-order valence-corrected chi connectivity index (χ1v) is 5.92. The largest absolute Gasteiger partial charge is 0.409 e. The first-order valence-electron chi connectivity index (χ1n) is 5.54. The standard InChI is InChI=1S/C12H17ClFN3O/c1-12(2,11(15)17-18)6-7-16-9-5-3-4-8(13)10(9)14/h3-5,16,18H,6-7H2,1-2H3,(H2,15,17). The van der Waals surface area contributed by atoms with E-state index < -0.39 is 11.2 Å². The van der Waals surface area contributed by atoms with Crippen molar-refractivity contribution < 1.29 is 9.60 Å². The van der Waals surface area contributed by atoms with E-state index in [0.29, 0.717) is 18.7 Å². The van der Waals surface area contributed by atoms with E-state index in [1.54, 1.807) is 12.1 Å². The molecule has 4 N–H and O–H groups in total. The van der Waals surface area contributed by atoms with Gasteiger partial charge in [0.2, 0.25) is 0 Å². The SMILES string of the molecule is CC(C)(CCNc1cccc(Cl)c1F)C(N)=NO. The van der Waals surface area contributed by atoms with Gasteiger partial charge in [-0.05, 0) is 18.6 Å². The molecule has 0 aliphatic heterocycles. The summed E-state index contributed by atoms with van der Waals surface area (Å²) in [4.78, 5) is 0. The molecule has 0 heterocycles. The third kappa shape index (κ3) is 3.50. The number of hydrogen-bond donors (Lipinski definition) is 3. The van der Waals surface area contributed by atoms with Crippen LogP contribution in [0.3, 0.4) is 0 Å². The average molecular weight is 274 g/mol. The third-order valence-corrected chi connectivity index (χ3v) is 3.11. The van der Waals surface area contributed by atoms with Gasteiger partial charge in [0.05, 0.1) is 10.7 Å². The lowest BCUT2D eigenvalue weighted by molar-refractivity contribution is 0.306. The first-order chi connectivity index (χ1) is 8.38. The highest BCUT2D eigenvalue weighted by Crippen LogP contribution is 2.24. The van der Waals surface area contributed by atoms with E-state index in [1.165, 1.54) is 6.07 Å². The summed E-state index contributed by atoms with van der Waals surface area (Å²) in [5.74, 6) is -0.323. The van der Waals surface area contributed by atoms with Crippen molar-refractivity contribution in [3.05, 3.63) is 29.0 Å². The van der Waals surface area contributed by atoms with E-state index in [1.807, 2.05) is 13.8 Å². The number of nitrogens with zero attached hydrogens (tertiary/aromatic N) is 1. The fourth-order valence-corrected chi connectivity index (χ4v) is 1.59. The van der Waals surface area contributed by atoms with Gasteiger partial charge in [-0.15, -0.1) is 0 Å². The van der Waals surface area contributed by atoms with Crippen molar-refractivity contribution in [2.45, 2.75) is 20.3 Å². The van der Waals surface area contributed by atoms with Crippen molar-refractivity contribution in [1.82, 2.24) is 0 Å². The van der Waals surface area contributed by atoms with E-state index in [2.05, 4.69) is 10.5 Å². The predicted molar refractivity (Wildman–Crippen MR) is 71.7 cm³/mol. The van der Waals surface area contributed by atoms with Crippen molar-refractivity contribution in [3.8, 4) is 0 Å². The zero-order valence-corrected chi connectivity index (χ0v) is 11.1. The van der Waals surface area contributed by atoms with Gasteiger partial charge in [-0.3, -0.25) is 0 Å². The highest BCUT2D eigenvalue weighted by Gasteiger charge is 2.23. The van der Waals surface area contributed by atoms with Gasteiger partial charge in [0.1, 0.15) is 5.84 Å². The summed E-state index contributed by atoms with van der Waals surface area (Å²) in [7, 11) is 0. The van der Waals surface area contributed by atoms with Crippen LogP contribution in [0.25, 0.3) is 0 Å². The van der Waals surface area contributed by atoms with E-state index in [4.69, 9.17) is 22.5 Å². The van der Waals surface area contributed by atoms with Gasteiger partial charge in [-0.25, -0.2) is 4.39 Å². The topological polar surface area (TPSA) is 70.6 Å². The Bertz CT molecular complexity index is 449. The normalized spacial score (nSPS) is 12.6. The summed E-state index contributed by atoms with van der Waals surface area (Å²) in [6.07, 6.45) is 0.592. The van der Waals surface area contributed by atoms with Gasteiger partial charge in [0.15, 0.2) is 5.82 Å². The number of nitrogens with two attached hydrogens (primary N) is 1. The molecule has 18 heavy (non-hydrogen) atoms. The summed E-state index contributed by atoms with van der Waals surface area (Å²) in [5.41, 5.74) is 5.44. The Morgan fingerprint density at radius 2 is 2.22 bits per heavy atom. The van der Waals surface area contributed by atoms with Crippen LogP contribution in [0.1, 0.15) is 20.3 Å². The monoisotopic (exact) mass is 273 g/mol. The van der Waals surface area contributed by atoms with Crippen LogP contribution < -0.4 is 11.1 Å². The molecule has 4 nitrogen and oxygen atoms in total. The molecule has 1 aromatic rings. The number of rotatable bonds is 5. The zero-order chi connectivity index (χ0) is 13.8. The smallest absolute Gasteiger partial charge is 0.164 e. The molecular formula is C12H17ClFN3O. The van der Waals surface area contributed by atoms with Crippen LogP contribution in [-0.4, -0.2) is 17.6 Å². The summed E-state index contributed by atoms with van der Waals surface area (Å²) < 4.78 is 13.6. The highest BCUT2D eigenvalue weighted by atomic mass is 35.5. The lowest BCUT2D eigenvalue weighted by Gasteiger charge is -2.23. The van der Waals surface area contributed by atoms with Crippen LogP contribution in [0.2, 0.25) is 5.02 Å². The number of anilines is 1. The van der Waals surface area contributed by atoms with Crippen LogP contribution in [-0.2, 0) is 0 Å². The van der Waals surface area contributed by atoms with Gasteiger partial charge in [0.25, 0.3) is 0 Å². The quantitative estimate of drug-likeness (QED) is 0.334. The van der Waals surface area contributed by atoms with Crippen molar-refractivity contribution in [2.75, 3.05) is 11.9 Å². The number of amidine groups is 1. The van der Waals surface area contributed by atoms with Crippen molar-refractivity contribution in [2.24, 2.45) is 16.3 Å². The average Bonchev–Trinajstić information content (AvgIpc) is 2.33. The Kier molecular flexibility index (Phi) is 4.78. The molecule has 0 amide bonds. The lowest BCUT2D eigenvalue weighted by atomic mass is 9.88. The van der Waals surface area contributed by atoms with E-state index in [0.717, 1.165) is 0 Å². The van der Waals surface area contributed by atoms with Crippen LogP contribution >= 0.6 is 11.6 Å². The van der Waals surface area contributed by atoms with Crippen LogP contribution in [0.5, 0.6) is 0 Å². The highest BCUT2D eigenvalue weighted by molar-refractivity contribution is 6.31. The van der Waals surface area contributed by atoms with Gasteiger partial charge < -0.3 is 16.3 Å². The van der Waals surface area contributed by atoms with Crippen molar-refractivity contribution >= 4 is 23.1 Å². The fraction of sp³-hybridized carbons (Fsp3) is 0.417. The second-order valence-corrected chi connectivity index (χ2v) is 5.05. The molecule has 0 bridgehead atoms. The molecule has 0 saturated heterocycles. The molecule has 1 aromatic carbocycles. The van der Waals surface area contributed by atoms with E-state index >= 15 is 0 Å². The van der Waals surface area contributed by atoms with E-state index in [-0.39, 0.29) is 10.9 Å². The van der Waals surface area contributed by atoms with Gasteiger partial charge in [-0.2, -0.15) is 0 Å². The molecule has 0 spiro atoms. The summed E-state index contributed by atoms with van der Waals surface area (Å²) in [5, 5.41) is 14.6. The lowest BCUT2D eigenvalue weighted by Crippen LogP contribution is -2.33. The predicted octanol–water partition coefficient (Wildman–Crippen LogP) is 3.05. The minimum absolute atomic E-state index is 0.0793. The van der Waals surface area contributed by atoms with Crippen LogP contribution in [0, 0.1) is 11.2 Å². The Morgan fingerprint density at radius 1 is 1.56 bits per heavy atom. The molecular weight excluding hydrogens is 257 g/mol. The second kappa shape index (κ2) is 5.91. The Morgan fingerprint density at radius 3 is 2.83 bits per heavy atom. The molecule has 0 aliphatic rings. The molecule has 0 fully saturated rings. The number of benzene rings is 1. The molecule has 100 valence electrons. The molecule has 0 saturated carbocycles. The molecule has 6 heteroatoms. The maximum absolute atomic E-state index is 13.6. The molecule has 0 aromatic heterocycles. The van der Waals surface area contributed by atoms with Gasteiger partial charge in [-0.1, -0.05) is 36.7 Å². The number of nitrogens with one attached hydrogen (secondary N) is 1. The third-order valence-electron chi connectivity index (χ3n) is 2.82. The molecule has 0 aliphatic carbocycles. The fourth-order valence-electron chi connectivity index (χ4n) is 1.41. The van der Waals surface area contributed by atoms with Gasteiger partial charge in [0, 0.05) is 12.0 Å². The van der Waals surface area contributed by atoms with Crippen LogP contribution in [0.15, 0.2) is 23.4 Å².